The zero-order valence-electron chi connectivity index (χ0n) is 5.73. The van der Waals surface area contributed by atoms with Crippen LogP contribution in [0.4, 0.5) is 0 Å². The first-order chi connectivity index (χ1) is 3.68. The molecule has 1 radical (unpaired) electrons. The molecule has 8 heavy (non-hydrogen) atoms. The normalized spacial score (nSPS) is 12.0. The van der Waals surface area contributed by atoms with E-state index in [9.17, 15) is 4.80 Å². The van der Waals surface area contributed by atoms with Crippen molar-refractivity contribution in [3.63, 3.8) is 0 Å². The molecule has 0 saturated heterocycles. The van der Waals surface area contributed by atoms with Crippen LogP contribution in [0.15, 0.2) is 0 Å². The third kappa shape index (κ3) is 1.94. The Hall–Kier alpha value is 0.137. The maximum atomic E-state index is 11.1. The van der Waals surface area contributed by atoms with E-state index in [1.807, 2.05) is 13.8 Å². The average Bonchev–Trinajstić information content (AvgIpc) is 1.87. The van der Waals surface area contributed by atoms with Crippen molar-refractivity contribution in [2.45, 2.75) is 25.9 Å². The van der Waals surface area contributed by atoms with E-state index in [2.05, 4.69) is 0 Å². The standard InChI is InChI=1S/C5H13O2Si/c1-4-8(6,5-2)7-3/h4-5H2,1-3H3. The third-order valence-electron chi connectivity index (χ3n) is 1.45. The van der Waals surface area contributed by atoms with E-state index >= 15 is 0 Å². The summed E-state index contributed by atoms with van der Waals surface area (Å²) < 4.78 is 4.82. The van der Waals surface area contributed by atoms with Gasteiger partial charge in [0.2, 0.25) is 0 Å². The molecular formula is C5H13O2Si. The van der Waals surface area contributed by atoms with Crippen LogP contribution in [0.5, 0.6) is 0 Å². The number of hydrogen-bond acceptors (Lipinski definition) is 1. The molecule has 0 aliphatic carbocycles. The Balaban J connectivity index is 3.58. The molecule has 3 heteroatoms. The lowest BCUT2D eigenvalue weighted by Crippen LogP contribution is -2.33. The molecule has 0 aliphatic rings. The lowest BCUT2D eigenvalue weighted by molar-refractivity contribution is 0.244. The molecule has 0 aromatic heterocycles. The molecule has 0 aromatic rings. The highest BCUT2D eigenvalue weighted by Crippen LogP contribution is 2.10. The molecule has 0 aliphatic heterocycles. The summed E-state index contributed by atoms with van der Waals surface area (Å²) in [5.74, 6) is 0. The Morgan fingerprint density at radius 3 is 1.75 bits per heavy atom. The monoisotopic (exact) mass is 133 g/mol. The van der Waals surface area contributed by atoms with Gasteiger partial charge in [-0.1, -0.05) is 13.8 Å². The van der Waals surface area contributed by atoms with Crippen LogP contribution in [-0.4, -0.2) is 15.7 Å². The summed E-state index contributed by atoms with van der Waals surface area (Å²) in [5.41, 5.74) is 0. The molecule has 0 N–H and O–H groups in total. The van der Waals surface area contributed by atoms with Gasteiger partial charge in [-0.2, -0.15) is 0 Å². The lowest BCUT2D eigenvalue weighted by atomic mass is 10.9. The second-order valence-corrected chi connectivity index (χ2v) is 5.47. The van der Waals surface area contributed by atoms with Crippen LogP contribution in [0.25, 0.3) is 0 Å². The van der Waals surface area contributed by atoms with Crippen LogP contribution >= 0.6 is 0 Å². The highest BCUT2D eigenvalue weighted by Gasteiger charge is 2.29. The van der Waals surface area contributed by atoms with E-state index in [0.29, 0.717) is 12.1 Å². The summed E-state index contributed by atoms with van der Waals surface area (Å²) in [5, 5.41) is 0. The van der Waals surface area contributed by atoms with Crippen LogP contribution < -0.4 is 0 Å². The number of hydrogen-bond donors (Lipinski definition) is 0. The Morgan fingerprint density at radius 2 is 1.75 bits per heavy atom. The van der Waals surface area contributed by atoms with E-state index in [4.69, 9.17) is 4.43 Å². The van der Waals surface area contributed by atoms with E-state index in [-0.39, 0.29) is 0 Å². The minimum absolute atomic E-state index is 0.681. The van der Waals surface area contributed by atoms with E-state index < -0.39 is 8.56 Å². The molecule has 0 saturated carbocycles. The zero-order valence-corrected chi connectivity index (χ0v) is 6.73. The average molecular weight is 133 g/mol. The highest BCUT2D eigenvalue weighted by molar-refractivity contribution is 6.65. The fourth-order valence-corrected chi connectivity index (χ4v) is 1.62. The van der Waals surface area contributed by atoms with Crippen molar-refractivity contribution in [1.29, 1.82) is 0 Å². The molecule has 2 nitrogen and oxygen atoms in total. The van der Waals surface area contributed by atoms with Gasteiger partial charge < -0.3 is 4.43 Å². The van der Waals surface area contributed by atoms with Crippen LogP contribution in [0, 0.1) is 0 Å². The summed E-state index contributed by atoms with van der Waals surface area (Å²) in [6.07, 6.45) is 0. The predicted molar refractivity (Wildman–Crippen MR) is 34.4 cm³/mol. The Morgan fingerprint density at radius 1 is 1.38 bits per heavy atom. The summed E-state index contributed by atoms with van der Waals surface area (Å²) in [7, 11) is -0.901. The van der Waals surface area contributed by atoms with Gasteiger partial charge in [-0.3, -0.25) is 4.80 Å². The van der Waals surface area contributed by atoms with E-state index in [1.54, 1.807) is 0 Å². The molecule has 0 amide bonds. The van der Waals surface area contributed by atoms with Crippen molar-refractivity contribution < 1.29 is 9.22 Å². The molecule has 0 fully saturated rings. The van der Waals surface area contributed by atoms with Gasteiger partial charge in [0.25, 0.3) is 0 Å². The first kappa shape index (κ1) is 8.14. The van der Waals surface area contributed by atoms with Crippen molar-refractivity contribution in [2.24, 2.45) is 0 Å². The summed E-state index contributed by atoms with van der Waals surface area (Å²) in [4.78, 5) is 11.1. The molecule has 0 rings (SSSR count). The van der Waals surface area contributed by atoms with Gasteiger partial charge in [0.15, 0.2) is 0 Å². The van der Waals surface area contributed by atoms with Crippen LogP contribution in [0.1, 0.15) is 13.8 Å². The summed E-state index contributed by atoms with van der Waals surface area (Å²) in [6.45, 7) is 3.79. The molecule has 0 spiro atoms. The Labute approximate surface area is 51.7 Å². The fraction of sp³-hybridized carbons (Fsp3) is 1.00. The second-order valence-electron chi connectivity index (χ2n) is 1.82. The van der Waals surface area contributed by atoms with Crippen molar-refractivity contribution in [2.75, 3.05) is 7.11 Å². The van der Waals surface area contributed by atoms with Gasteiger partial charge in [-0.25, -0.2) is 0 Å². The minimum atomic E-state index is -2.42. The van der Waals surface area contributed by atoms with Crippen molar-refractivity contribution in [1.82, 2.24) is 0 Å². The largest absolute Gasteiger partial charge is 0.396 e. The highest BCUT2D eigenvalue weighted by atomic mass is 28.4. The molecule has 0 aromatic carbocycles. The molecule has 0 unspecified atom stereocenters. The Bertz CT molecular complexity index is 53.2. The van der Waals surface area contributed by atoms with Crippen LogP contribution in [0.3, 0.4) is 0 Å². The van der Waals surface area contributed by atoms with E-state index in [0.717, 1.165) is 0 Å². The van der Waals surface area contributed by atoms with Gasteiger partial charge in [-0.15, -0.1) is 0 Å². The van der Waals surface area contributed by atoms with Gasteiger partial charge in [0.05, 0.1) is 0 Å². The van der Waals surface area contributed by atoms with Gasteiger partial charge >= 0.3 is 8.56 Å². The first-order valence-electron chi connectivity index (χ1n) is 2.94. The summed E-state index contributed by atoms with van der Waals surface area (Å²) >= 11 is 0. The van der Waals surface area contributed by atoms with Crippen LogP contribution in [0.2, 0.25) is 12.1 Å². The maximum absolute atomic E-state index is 11.1. The lowest BCUT2D eigenvalue weighted by Gasteiger charge is -2.14. The molecule has 0 heterocycles. The third-order valence-corrected chi connectivity index (χ3v) is 4.35. The van der Waals surface area contributed by atoms with Crippen molar-refractivity contribution >= 4 is 8.56 Å². The van der Waals surface area contributed by atoms with E-state index in [1.165, 1.54) is 7.11 Å². The molecular weight excluding hydrogens is 120 g/mol. The topological polar surface area (TPSA) is 29.1 Å². The SMILES string of the molecule is CC[Si]([O])(CC)OC. The predicted octanol–water partition coefficient (Wildman–Crippen LogP) is 1.55. The quantitative estimate of drug-likeness (QED) is 0.537. The smallest absolute Gasteiger partial charge is 0.372 e. The second kappa shape index (κ2) is 3.22. The molecule has 0 atom stereocenters. The molecule has 0 bridgehead atoms. The molecule has 49 valence electrons. The zero-order chi connectivity index (χ0) is 6.62. The number of rotatable bonds is 3. The van der Waals surface area contributed by atoms with Crippen molar-refractivity contribution in [3.05, 3.63) is 0 Å². The fourth-order valence-electron chi connectivity index (χ4n) is 0.539. The van der Waals surface area contributed by atoms with Gasteiger partial charge in [0, 0.05) is 7.11 Å². The van der Waals surface area contributed by atoms with Crippen LogP contribution in [-0.2, 0) is 9.22 Å². The maximum Gasteiger partial charge on any atom is 0.372 e. The first-order valence-corrected chi connectivity index (χ1v) is 5.17. The Kier molecular flexibility index (Phi) is 3.27. The van der Waals surface area contributed by atoms with Gasteiger partial charge in [-0.05, 0) is 12.1 Å². The van der Waals surface area contributed by atoms with Gasteiger partial charge in [0.1, 0.15) is 0 Å². The van der Waals surface area contributed by atoms with Crippen molar-refractivity contribution in [3.8, 4) is 0 Å². The summed E-state index contributed by atoms with van der Waals surface area (Å²) in [6, 6.07) is 1.36. The minimum Gasteiger partial charge on any atom is -0.396 e.